The Morgan fingerprint density at radius 3 is 2.62 bits per heavy atom. The van der Waals surface area contributed by atoms with Crippen LogP contribution in [0, 0.1) is 5.92 Å². The molecule has 2 aliphatic rings. The third kappa shape index (κ3) is 4.28. The summed E-state index contributed by atoms with van der Waals surface area (Å²) in [6.07, 6.45) is 0.720. The fourth-order valence-corrected chi connectivity index (χ4v) is 3.65. The summed E-state index contributed by atoms with van der Waals surface area (Å²) >= 11 is 0. The topological polar surface area (TPSA) is 133 Å². The van der Waals surface area contributed by atoms with E-state index in [1.165, 1.54) is 17.0 Å². The first-order chi connectivity index (χ1) is 13.7. The molecule has 29 heavy (non-hydrogen) atoms. The molecule has 0 saturated carbocycles. The van der Waals surface area contributed by atoms with Crippen molar-refractivity contribution in [2.75, 3.05) is 0 Å². The van der Waals surface area contributed by atoms with E-state index in [9.17, 15) is 29.1 Å². The molecule has 1 fully saturated rings. The van der Waals surface area contributed by atoms with Gasteiger partial charge in [0, 0.05) is 24.1 Å². The number of carbonyl (C=O) groups excluding carboxylic acids is 4. The first-order valence-corrected chi connectivity index (χ1v) is 9.48. The monoisotopic (exact) mass is 401 g/mol. The number of nitrogens with zero attached hydrogens (tertiary/aromatic N) is 1. The van der Waals surface area contributed by atoms with Crippen molar-refractivity contribution in [1.29, 1.82) is 0 Å². The summed E-state index contributed by atoms with van der Waals surface area (Å²) in [6.45, 7) is 3.88. The largest absolute Gasteiger partial charge is 0.480 e. The maximum Gasteiger partial charge on any atom is 0.326 e. The smallest absolute Gasteiger partial charge is 0.326 e. The molecule has 0 bridgehead atoms. The lowest BCUT2D eigenvalue weighted by molar-refractivity contribution is -0.140. The highest BCUT2D eigenvalue weighted by Gasteiger charge is 2.39. The Bertz CT molecular complexity index is 894. The second-order valence-corrected chi connectivity index (χ2v) is 7.77. The number of aliphatic carboxylic acids is 1. The zero-order valence-electron chi connectivity index (χ0n) is 16.2. The van der Waals surface area contributed by atoms with Crippen molar-refractivity contribution in [2.24, 2.45) is 5.92 Å². The zero-order valence-corrected chi connectivity index (χ0v) is 16.2. The Hall–Kier alpha value is -3.23. The molecule has 3 N–H and O–H groups in total. The average molecular weight is 401 g/mol. The van der Waals surface area contributed by atoms with Crippen molar-refractivity contribution in [1.82, 2.24) is 15.5 Å². The van der Waals surface area contributed by atoms with Gasteiger partial charge in [0.15, 0.2) is 0 Å². The summed E-state index contributed by atoms with van der Waals surface area (Å²) in [5.41, 5.74) is 1.22. The molecule has 2 aliphatic heterocycles. The molecule has 0 radical (unpaired) electrons. The van der Waals surface area contributed by atoms with E-state index in [0.717, 1.165) is 0 Å². The summed E-state index contributed by atoms with van der Waals surface area (Å²) in [7, 11) is 0. The minimum atomic E-state index is -1.10. The van der Waals surface area contributed by atoms with Gasteiger partial charge in [0.05, 0.1) is 0 Å². The molecule has 0 aromatic heterocycles. The van der Waals surface area contributed by atoms with Crippen molar-refractivity contribution in [3.63, 3.8) is 0 Å². The number of amides is 4. The predicted octanol–water partition coefficient (Wildman–Crippen LogP) is 0.677. The van der Waals surface area contributed by atoms with Crippen LogP contribution in [0.1, 0.15) is 59.4 Å². The number of benzene rings is 1. The summed E-state index contributed by atoms with van der Waals surface area (Å²) in [4.78, 5) is 61.4. The zero-order chi connectivity index (χ0) is 21.3. The maximum absolute atomic E-state index is 12.7. The Labute approximate surface area is 167 Å². The molecule has 9 nitrogen and oxygen atoms in total. The van der Waals surface area contributed by atoms with Gasteiger partial charge >= 0.3 is 5.97 Å². The van der Waals surface area contributed by atoms with Crippen molar-refractivity contribution in [2.45, 2.75) is 51.7 Å². The van der Waals surface area contributed by atoms with Gasteiger partial charge in [0.25, 0.3) is 11.8 Å². The van der Waals surface area contributed by atoms with E-state index < -0.39 is 29.9 Å². The molecule has 154 valence electrons. The van der Waals surface area contributed by atoms with Crippen LogP contribution in [0.15, 0.2) is 18.2 Å². The number of hydrogen-bond acceptors (Lipinski definition) is 5. The highest BCUT2D eigenvalue weighted by atomic mass is 16.4. The molecule has 4 amide bonds. The van der Waals surface area contributed by atoms with Crippen molar-refractivity contribution < 1.29 is 29.1 Å². The Morgan fingerprint density at radius 2 is 2.00 bits per heavy atom. The van der Waals surface area contributed by atoms with Crippen LogP contribution in [0.2, 0.25) is 0 Å². The number of rotatable bonds is 6. The van der Waals surface area contributed by atoms with E-state index in [1.807, 2.05) is 13.8 Å². The fourth-order valence-electron chi connectivity index (χ4n) is 3.65. The predicted molar refractivity (Wildman–Crippen MR) is 101 cm³/mol. The molecule has 1 unspecified atom stereocenters. The van der Waals surface area contributed by atoms with Gasteiger partial charge < -0.3 is 15.3 Å². The molecule has 9 heteroatoms. The second kappa shape index (κ2) is 8.02. The number of carboxylic acid groups (broad SMARTS) is 1. The van der Waals surface area contributed by atoms with Crippen molar-refractivity contribution in [3.05, 3.63) is 34.9 Å². The van der Waals surface area contributed by atoms with Gasteiger partial charge in [-0.1, -0.05) is 13.8 Å². The Kier molecular flexibility index (Phi) is 5.67. The van der Waals surface area contributed by atoms with Gasteiger partial charge in [-0.05, 0) is 42.5 Å². The quantitative estimate of drug-likeness (QED) is 0.600. The van der Waals surface area contributed by atoms with Gasteiger partial charge in [0.1, 0.15) is 12.1 Å². The number of nitrogens with one attached hydrogen (secondary N) is 2. The van der Waals surface area contributed by atoms with Crippen LogP contribution in [0.25, 0.3) is 0 Å². The Balaban J connectivity index is 1.75. The van der Waals surface area contributed by atoms with Crippen molar-refractivity contribution in [3.8, 4) is 0 Å². The van der Waals surface area contributed by atoms with Crippen LogP contribution in [0.5, 0.6) is 0 Å². The second-order valence-electron chi connectivity index (χ2n) is 7.77. The van der Waals surface area contributed by atoms with Crippen LogP contribution in [-0.4, -0.2) is 51.7 Å². The minimum absolute atomic E-state index is 0.0936. The SMILES string of the molecule is CC(C)C[C@H](NC(=O)c1ccc2c(c1)CN(C1CCC(=O)NC1=O)C2=O)C(=O)O. The number of carbonyl (C=O) groups is 5. The van der Waals surface area contributed by atoms with Gasteiger partial charge in [-0.3, -0.25) is 24.5 Å². The summed E-state index contributed by atoms with van der Waals surface area (Å²) < 4.78 is 0. The van der Waals surface area contributed by atoms with Gasteiger partial charge in [-0.2, -0.15) is 0 Å². The van der Waals surface area contributed by atoms with Crippen LogP contribution in [-0.2, 0) is 20.9 Å². The molecule has 1 aromatic rings. The van der Waals surface area contributed by atoms with Crippen LogP contribution in [0.3, 0.4) is 0 Å². The number of imide groups is 1. The first kappa shape index (κ1) is 20.5. The lowest BCUT2D eigenvalue weighted by atomic mass is 10.0. The number of carboxylic acids is 1. The fraction of sp³-hybridized carbons (Fsp3) is 0.450. The van der Waals surface area contributed by atoms with E-state index in [-0.39, 0.29) is 42.7 Å². The summed E-state index contributed by atoms with van der Waals surface area (Å²) in [5, 5.41) is 14.1. The normalized spacial score (nSPS) is 19.8. The van der Waals surface area contributed by atoms with Gasteiger partial charge in [0.2, 0.25) is 11.8 Å². The third-order valence-corrected chi connectivity index (χ3v) is 5.10. The lowest BCUT2D eigenvalue weighted by Crippen LogP contribution is -2.52. The lowest BCUT2D eigenvalue weighted by Gasteiger charge is -2.29. The van der Waals surface area contributed by atoms with E-state index in [1.54, 1.807) is 6.07 Å². The molecule has 1 aromatic carbocycles. The highest BCUT2D eigenvalue weighted by molar-refractivity contribution is 6.06. The van der Waals surface area contributed by atoms with E-state index in [2.05, 4.69) is 10.6 Å². The van der Waals surface area contributed by atoms with E-state index in [0.29, 0.717) is 17.5 Å². The van der Waals surface area contributed by atoms with Gasteiger partial charge in [-0.15, -0.1) is 0 Å². The third-order valence-electron chi connectivity index (χ3n) is 5.10. The number of fused-ring (bicyclic) bond motifs is 1. The number of hydrogen-bond donors (Lipinski definition) is 3. The molecule has 0 aliphatic carbocycles. The van der Waals surface area contributed by atoms with Crippen molar-refractivity contribution >= 4 is 29.6 Å². The number of piperidine rings is 1. The standard InChI is InChI=1S/C20H23N3O6/c1-10(2)7-14(20(28)29)21-17(25)11-3-4-13-12(8-11)9-23(19(13)27)15-5-6-16(24)22-18(15)26/h3-4,8,10,14-15H,5-7,9H2,1-2H3,(H,21,25)(H,28,29)(H,22,24,26)/t14-,15?/m0/s1. The van der Waals surface area contributed by atoms with Crippen LogP contribution in [0.4, 0.5) is 0 Å². The maximum atomic E-state index is 12.7. The van der Waals surface area contributed by atoms with E-state index in [4.69, 9.17) is 0 Å². The summed E-state index contributed by atoms with van der Waals surface area (Å²) in [6, 6.07) is 2.79. The Morgan fingerprint density at radius 1 is 1.28 bits per heavy atom. The van der Waals surface area contributed by atoms with Gasteiger partial charge in [-0.25, -0.2) is 4.79 Å². The molecular weight excluding hydrogens is 378 g/mol. The van der Waals surface area contributed by atoms with Crippen LogP contribution < -0.4 is 10.6 Å². The molecule has 1 saturated heterocycles. The molecule has 2 atom stereocenters. The molecular formula is C20H23N3O6. The minimum Gasteiger partial charge on any atom is -0.480 e. The average Bonchev–Trinajstić information content (AvgIpc) is 2.96. The molecule has 3 rings (SSSR count). The molecule has 0 spiro atoms. The van der Waals surface area contributed by atoms with Crippen LogP contribution >= 0.6 is 0 Å². The van der Waals surface area contributed by atoms with E-state index >= 15 is 0 Å². The highest BCUT2D eigenvalue weighted by Crippen LogP contribution is 2.28. The molecule has 2 heterocycles. The first-order valence-electron chi connectivity index (χ1n) is 9.48. The summed E-state index contributed by atoms with van der Waals surface area (Å²) in [5.74, 6) is -2.73.